The second-order valence-electron chi connectivity index (χ2n) is 5.78. The Morgan fingerprint density at radius 1 is 1.12 bits per heavy atom. The lowest BCUT2D eigenvalue weighted by Gasteiger charge is -2.15. The summed E-state index contributed by atoms with van der Waals surface area (Å²) in [4.78, 5) is 18.4. The Hall–Kier alpha value is -2.17. The number of halogens is 1. The molecule has 5 heteroatoms. The number of thiophene rings is 1. The van der Waals surface area contributed by atoms with Crippen LogP contribution in [0.4, 0.5) is 0 Å². The zero-order valence-corrected chi connectivity index (χ0v) is 14.4. The van der Waals surface area contributed by atoms with E-state index in [4.69, 9.17) is 11.6 Å². The van der Waals surface area contributed by atoms with Gasteiger partial charge in [0.2, 0.25) is 0 Å². The van der Waals surface area contributed by atoms with Gasteiger partial charge in [0, 0.05) is 34.8 Å². The van der Waals surface area contributed by atoms with Gasteiger partial charge in [-0.05, 0) is 53.4 Å². The summed E-state index contributed by atoms with van der Waals surface area (Å²) in [7, 11) is 0. The van der Waals surface area contributed by atoms with E-state index in [1.54, 1.807) is 23.7 Å². The highest BCUT2D eigenvalue weighted by Gasteiger charge is 2.27. The summed E-state index contributed by atoms with van der Waals surface area (Å²) in [5.74, 6) is 0.217. The molecule has 3 nitrogen and oxygen atoms in total. The predicted octanol–water partition coefficient (Wildman–Crippen LogP) is 4.73. The summed E-state index contributed by atoms with van der Waals surface area (Å²) >= 11 is 7.57. The molecule has 0 spiro atoms. The molecule has 2 aromatic heterocycles. The minimum absolute atomic E-state index is 0.0202. The molecule has 0 aliphatic carbocycles. The Bertz CT molecular complexity index is 874. The first kappa shape index (κ1) is 15.4. The molecule has 0 radical (unpaired) electrons. The van der Waals surface area contributed by atoms with Crippen molar-refractivity contribution < 1.29 is 4.79 Å². The molecule has 0 unspecified atom stereocenters. The fourth-order valence-electron chi connectivity index (χ4n) is 3.11. The Balaban J connectivity index is 1.82. The molecule has 120 valence electrons. The first-order valence-electron chi connectivity index (χ1n) is 7.80. The van der Waals surface area contributed by atoms with Gasteiger partial charge in [-0.15, -0.1) is 11.3 Å². The van der Waals surface area contributed by atoms with Crippen LogP contribution in [0.1, 0.15) is 33.1 Å². The summed E-state index contributed by atoms with van der Waals surface area (Å²) in [6.07, 6.45) is 4.43. The van der Waals surface area contributed by atoms with E-state index in [9.17, 15) is 4.79 Å². The maximum absolute atomic E-state index is 12.4. The third-order valence-electron chi connectivity index (χ3n) is 4.30. The molecule has 0 bridgehead atoms. The van der Waals surface area contributed by atoms with Crippen LogP contribution in [-0.4, -0.2) is 17.4 Å². The Kier molecular flexibility index (Phi) is 4.08. The number of pyridine rings is 1. The van der Waals surface area contributed by atoms with Gasteiger partial charge >= 0.3 is 0 Å². The number of fused-ring (bicyclic) bond motifs is 1. The normalized spacial score (nSPS) is 17.0. The average molecular weight is 355 g/mol. The smallest absolute Gasteiger partial charge is 0.261 e. The van der Waals surface area contributed by atoms with Crippen LogP contribution in [0.5, 0.6) is 0 Å². The second-order valence-corrected chi connectivity index (χ2v) is 7.27. The molecule has 1 atom stereocenters. The number of amides is 1. The molecule has 0 saturated heterocycles. The SMILES string of the molecule is O=C1NCC[C@@H](c2ccc(Cl)cc2)c2cc(-c3ccncc3)sc21. The number of hydrogen-bond acceptors (Lipinski definition) is 3. The van der Waals surface area contributed by atoms with Crippen molar-refractivity contribution in [3.63, 3.8) is 0 Å². The maximum Gasteiger partial charge on any atom is 0.261 e. The first-order chi connectivity index (χ1) is 11.7. The van der Waals surface area contributed by atoms with Crippen LogP contribution in [-0.2, 0) is 0 Å². The van der Waals surface area contributed by atoms with Crippen LogP contribution in [0.2, 0.25) is 5.02 Å². The zero-order chi connectivity index (χ0) is 16.5. The molecule has 0 saturated carbocycles. The lowest BCUT2D eigenvalue weighted by atomic mass is 9.89. The highest BCUT2D eigenvalue weighted by molar-refractivity contribution is 7.17. The average Bonchev–Trinajstić information content (AvgIpc) is 2.99. The van der Waals surface area contributed by atoms with E-state index >= 15 is 0 Å². The number of rotatable bonds is 2. The number of benzene rings is 1. The Morgan fingerprint density at radius 2 is 1.88 bits per heavy atom. The van der Waals surface area contributed by atoms with Gasteiger partial charge in [0.1, 0.15) is 0 Å². The molecular weight excluding hydrogens is 340 g/mol. The molecule has 3 heterocycles. The van der Waals surface area contributed by atoms with E-state index in [2.05, 4.69) is 28.5 Å². The van der Waals surface area contributed by atoms with Crippen molar-refractivity contribution in [2.75, 3.05) is 6.54 Å². The van der Waals surface area contributed by atoms with Gasteiger partial charge < -0.3 is 5.32 Å². The van der Waals surface area contributed by atoms with Crippen LogP contribution in [0, 0.1) is 0 Å². The van der Waals surface area contributed by atoms with Crippen molar-refractivity contribution in [1.82, 2.24) is 10.3 Å². The van der Waals surface area contributed by atoms with Gasteiger partial charge in [-0.25, -0.2) is 0 Å². The number of carbonyl (C=O) groups is 1. The van der Waals surface area contributed by atoms with Crippen LogP contribution in [0.3, 0.4) is 0 Å². The molecule has 1 aliphatic heterocycles. The van der Waals surface area contributed by atoms with E-state index < -0.39 is 0 Å². The van der Waals surface area contributed by atoms with Gasteiger partial charge in [-0.1, -0.05) is 23.7 Å². The molecule has 24 heavy (non-hydrogen) atoms. The maximum atomic E-state index is 12.4. The number of nitrogens with one attached hydrogen (secondary N) is 1. The van der Waals surface area contributed by atoms with Crippen LogP contribution >= 0.6 is 22.9 Å². The summed E-state index contributed by atoms with van der Waals surface area (Å²) in [5, 5.41) is 3.74. The minimum Gasteiger partial charge on any atom is -0.351 e. The lowest BCUT2D eigenvalue weighted by Crippen LogP contribution is -2.21. The monoisotopic (exact) mass is 354 g/mol. The fraction of sp³-hybridized carbons (Fsp3) is 0.158. The van der Waals surface area contributed by atoms with E-state index in [-0.39, 0.29) is 11.8 Å². The molecule has 0 fully saturated rings. The summed E-state index contributed by atoms with van der Waals surface area (Å²) in [5.41, 5.74) is 3.38. The molecule has 4 rings (SSSR count). The second kappa shape index (κ2) is 6.38. The minimum atomic E-state index is 0.0202. The van der Waals surface area contributed by atoms with Crippen LogP contribution in [0.25, 0.3) is 10.4 Å². The first-order valence-corrected chi connectivity index (χ1v) is 8.99. The predicted molar refractivity (Wildman–Crippen MR) is 97.8 cm³/mol. The highest BCUT2D eigenvalue weighted by Crippen LogP contribution is 2.40. The summed E-state index contributed by atoms with van der Waals surface area (Å²) in [6.45, 7) is 0.679. The number of nitrogens with zero attached hydrogens (tertiary/aromatic N) is 1. The Morgan fingerprint density at radius 3 is 2.62 bits per heavy atom. The van der Waals surface area contributed by atoms with E-state index in [0.29, 0.717) is 6.54 Å². The summed E-state index contributed by atoms with van der Waals surface area (Å²) in [6, 6.07) is 14.0. The van der Waals surface area contributed by atoms with Crippen molar-refractivity contribution in [1.29, 1.82) is 0 Å². The van der Waals surface area contributed by atoms with Gasteiger partial charge in [0.25, 0.3) is 5.91 Å². The van der Waals surface area contributed by atoms with E-state index in [1.807, 2.05) is 24.3 Å². The molecule has 1 aromatic carbocycles. The molecule has 1 aliphatic rings. The van der Waals surface area contributed by atoms with Gasteiger partial charge in [-0.2, -0.15) is 0 Å². The van der Waals surface area contributed by atoms with E-state index in [1.165, 1.54) is 5.56 Å². The highest BCUT2D eigenvalue weighted by atomic mass is 35.5. The third-order valence-corrected chi connectivity index (χ3v) is 5.75. The van der Waals surface area contributed by atoms with Gasteiger partial charge in [0.05, 0.1) is 4.88 Å². The number of hydrogen-bond donors (Lipinski definition) is 1. The number of carbonyl (C=O) groups excluding carboxylic acids is 1. The molecule has 3 aromatic rings. The van der Waals surface area contributed by atoms with Crippen molar-refractivity contribution >= 4 is 28.8 Å². The largest absolute Gasteiger partial charge is 0.351 e. The van der Waals surface area contributed by atoms with Gasteiger partial charge in [-0.3, -0.25) is 9.78 Å². The van der Waals surface area contributed by atoms with Crippen molar-refractivity contribution in [2.24, 2.45) is 0 Å². The number of aromatic nitrogens is 1. The zero-order valence-electron chi connectivity index (χ0n) is 12.8. The van der Waals surface area contributed by atoms with Crippen molar-refractivity contribution in [2.45, 2.75) is 12.3 Å². The molecule has 1 amide bonds. The van der Waals surface area contributed by atoms with E-state index in [0.717, 1.165) is 32.3 Å². The topological polar surface area (TPSA) is 42.0 Å². The summed E-state index contributed by atoms with van der Waals surface area (Å²) < 4.78 is 0. The van der Waals surface area contributed by atoms with Crippen LogP contribution in [0.15, 0.2) is 54.9 Å². The molecule has 1 N–H and O–H groups in total. The fourth-order valence-corrected chi connectivity index (χ4v) is 4.38. The molecular formula is C19H15ClN2OS. The quantitative estimate of drug-likeness (QED) is 0.723. The lowest BCUT2D eigenvalue weighted by molar-refractivity contribution is 0.0960. The third kappa shape index (κ3) is 2.83. The Labute approximate surface area is 149 Å². The van der Waals surface area contributed by atoms with Crippen molar-refractivity contribution in [3.8, 4) is 10.4 Å². The standard InChI is InChI=1S/C19H15ClN2OS/c20-14-3-1-12(2-4-14)15-7-10-22-19(23)18-16(15)11-17(24-18)13-5-8-21-9-6-13/h1-6,8-9,11,15H,7,10H2,(H,22,23)/t15-/m0/s1. The van der Waals surface area contributed by atoms with Gasteiger partial charge in [0.15, 0.2) is 0 Å². The van der Waals surface area contributed by atoms with Crippen molar-refractivity contribution in [3.05, 3.63) is 75.9 Å². The van der Waals surface area contributed by atoms with Crippen LogP contribution < -0.4 is 5.32 Å².